The molecule has 0 aliphatic carbocycles. The Kier molecular flexibility index (Phi) is 2.97. The summed E-state index contributed by atoms with van der Waals surface area (Å²) < 4.78 is 0. The molecule has 0 fully saturated rings. The Morgan fingerprint density at radius 2 is 2.16 bits per heavy atom. The fourth-order valence-corrected chi connectivity index (χ4v) is 2.11. The highest BCUT2D eigenvalue weighted by atomic mass is 15.2. The highest BCUT2D eigenvalue weighted by Crippen LogP contribution is 2.23. The molecule has 0 aliphatic heterocycles. The summed E-state index contributed by atoms with van der Waals surface area (Å²) in [6.45, 7) is 2.61. The fraction of sp³-hybridized carbons (Fsp3) is 0.214. The van der Waals surface area contributed by atoms with Crippen LogP contribution >= 0.6 is 0 Å². The van der Waals surface area contributed by atoms with Crippen molar-refractivity contribution in [2.75, 3.05) is 6.54 Å². The molecule has 2 aromatic heterocycles. The third kappa shape index (κ3) is 2.20. The van der Waals surface area contributed by atoms with Gasteiger partial charge in [-0.05, 0) is 25.1 Å². The second kappa shape index (κ2) is 4.78. The Labute approximate surface area is 110 Å². The Hall–Kier alpha value is -2.27. The summed E-state index contributed by atoms with van der Waals surface area (Å²) in [6.07, 6.45) is 2.39. The van der Waals surface area contributed by atoms with Crippen LogP contribution in [0.3, 0.4) is 0 Å². The first-order valence-corrected chi connectivity index (χ1v) is 6.25. The normalized spacial score (nSPS) is 11.1. The molecule has 5 heteroatoms. The molecule has 5 nitrogen and oxygen atoms in total. The van der Waals surface area contributed by atoms with E-state index >= 15 is 0 Å². The predicted octanol–water partition coefficient (Wildman–Crippen LogP) is 1.83. The van der Waals surface area contributed by atoms with E-state index in [4.69, 9.17) is 5.73 Å². The molecule has 1 aromatic carbocycles. The quantitative estimate of drug-likeness (QED) is 0.746. The predicted molar refractivity (Wildman–Crippen MR) is 74.6 cm³/mol. The topological polar surface area (TPSA) is 80.5 Å². The highest BCUT2D eigenvalue weighted by molar-refractivity contribution is 5.87. The molecule has 0 amide bonds. The van der Waals surface area contributed by atoms with E-state index < -0.39 is 0 Å². The number of H-pyrrole nitrogens is 1. The number of rotatable bonds is 3. The van der Waals surface area contributed by atoms with Crippen LogP contribution in [0.4, 0.5) is 0 Å². The Bertz CT molecular complexity index is 699. The van der Waals surface area contributed by atoms with E-state index in [2.05, 4.69) is 45.3 Å². The minimum atomic E-state index is 0.534. The average molecular weight is 253 g/mol. The minimum Gasteiger partial charge on any atom is -0.353 e. The number of aryl methyl sites for hydroxylation is 1. The van der Waals surface area contributed by atoms with Gasteiger partial charge < -0.3 is 10.7 Å². The van der Waals surface area contributed by atoms with E-state index in [1.54, 1.807) is 6.20 Å². The van der Waals surface area contributed by atoms with Crippen LogP contribution in [0.15, 0.2) is 30.5 Å². The molecule has 0 spiro atoms. The fourth-order valence-electron chi connectivity index (χ4n) is 2.11. The van der Waals surface area contributed by atoms with Crippen LogP contribution in [0.25, 0.3) is 22.3 Å². The van der Waals surface area contributed by atoms with Crippen molar-refractivity contribution in [1.82, 2.24) is 20.2 Å². The van der Waals surface area contributed by atoms with E-state index in [9.17, 15) is 0 Å². The number of nitrogens with zero attached hydrogens (tertiary/aromatic N) is 3. The molecular formula is C14H15N5. The van der Waals surface area contributed by atoms with Crippen molar-refractivity contribution in [3.05, 3.63) is 41.9 Å². The van der Waals surface area contributed by atoms with Gasteiger partial charge in [0.1, 0.15) is 5.69 Å². The maximum absolute atomic E-state index is 5.46. The van der Waals surface area contributed by atoms with E-state index in [0.29, 0.717) is 18.8 Å². The van der Waals surface area contributed by atoms with Crippen LogP contribution in [0.1, 0.15) is 11.4 Å². The first-order chi connectivity index (χ1) is 9.28. The summed E-state index contributed by atoms with van der Waals surface area (Å²) >= 11 is 0. The summed E-state index contributed by atoms with van der Waals surface area (Å²) in [7, 11) is 0. The number of hydrogen-bond donors (Lipinski definition) is 2. The monoisotopic (exact) mass is 253 g/mol. The molecule has 2 heterocycles. The van der Waals surface area contributed by atoms with Gasteiger partial charge in [-0.2, -0.15) is 0 Å². The zero-order valence-electron chi connectivity index (χ0n) is 10.7. The van der Waals surface area contributed by atoms with Crippen LogP contribution in [0.2, 0.25) is 0 Å². The first kappa shape index (κ1) is 11.8. The second-order valence-electron chi connectivity index (χ2n) is 4.52. The summed E-state index contributed by atoms with van der Waals surface area (Å²) in [5.41, 5.74) is 9.49. The summed E-state index contributed by atoms with van der Waals surface area (Å²) in [4.78, 5) is 7.63. The van der Waals surface area contributed by atoms with Gasteiger partial charge in [0.2, 0.25) is 0 Å². The molecule has 0 bridgehead atoms. The van der Waals surface area contributed by atoms with Crippen LogP contribution in [-0.2, 0) is 6.42 Å². The molecule has 0 saturated carbocycles. The molecule has 96 valence electrons. The third-order valence-corrected chi connectivity index (χ3v) is 3.12. The van der Waals surface area contributed by atoms with Gasteiger partial charge in [-0.25, -0.2) is 4.98 Å². The number of para-hydroxylation sites is 1. The maximum Gasteiger partial charge on any atom is 0.152 e. The molecule has 0 unspecified atom stereocenters. The van der Waals surface area contributed by atoms with Crippen molar-refractivity contribution in [2.24, 2.45) is 5.73 Å². The third-order valence-electron chi connectivity index (χ3n) is 3.12. The smallest absolute Gasteiger partial charge is 0.152 e. The molecule has 19 heavy (non-hydrogen) atoms. The molecule has 0 aliphatic rings. The number of nitrogens with one attached hydrogen (secondary N) is 1. The first-order valence-electron chi connectivity index (χ1n) is 6.25. The summed E-state index contributed by atoms with van der Waals surface area (Å²) in [5, 5.41) is 9.44. The van der Waals surface area contributed by atoms with Gasteiger partial charge in [-0.1, -0.05) is 18.2 Å². The van der Waals surface area contributed by atoms with Gasteiger partial charge >= 0.3 is 0 Å². The Morgan fingerprint density at radius 1 is 1.26 bits per heavy atom. The van der Waals surface area contributed by atoms with Gasteiger partial charge in [-0.15, -0.1) is 10.2 Å². The van der Waals surface area contributed by atoms with Gasteiger partial charge in [-0.3, -0.25) is 0 Å². The van der Waals surface area contributed by atoms with Crippen molar-refractivity contribution >= 4 is 10.9 Å². The maximum atomic E-state index is 5.46. The summed E-state index contributed by atoms with van der Waals surface area (Å²) in [6, 6.07) is 8.27. The lowest BCUT2D eigenvalue weighted by molar-refractivity contribution is 0.812. The van der Waals surface area contributed by atoms with Gasteiger partial charge in [0.15, 0.2) is 5.82 Å². The van der Waals surface area contributed by atoms with Crippen LogP contribution in [0, 0.1) is 6.92 Å². The standard InChI is InChI=1S/C14H15N5/c1-9-3-2-4-10-7-11(17-14(9)10)12-8-16-13(5-6-15)19-18-12/h2-4,7-8,17H,5-6,15H2,1H3. The zero-order valence-corrected chi connectivity index (χ0v) is 10.7. The van der Waals surface area contributed by atoms with Gasteiger partial charge in [0.05, 0.1) is 11.9 Å². The lowest BCUT2D eigenvalue weighted by atomic mass is 10.2. The lowest BCUT2D eigenvalue weighted by Gasteiger charge is -1.98. The van der Waals surface area contributed by atoms with Gasteiger partial charge in [0, 0.05) is 17.3 Å². The number of fused-ring (bicyclic) bond motifs is 1. The van der Waals surface area contributed by atoms with Crippen LogP contribution in [-0.4, -0.2) is 26.7 Å². The molecule has 3 N–H and O–H groups in total. The molecule has 0 atom stereocenters. The van der Waals surface area contributed by atoms with E-state index in [0.717, 1.165) is 16.9 Å². The number of hydrogen-bond acceptors (Lipinski definition) is 4. The van der Waals surface area contributed by atoms with E-state index in [1.807, 2.05) is 6.07 Å². The van der Waals surface area contributed by atoms with E-state index in [-0.39, 0.29) is 0 Å². The van der Waals surface area contributed by atoms with Crippen molar-refractivity contribution in [2.45, 2.75) is 13.3 Å². The van der Waals surface area contributed by atoms with Crippen molar-refractivity contribution in [1.29, 1.82) is 0 Å². The number of aromatic amines is 1. The number of aromatic nitrogens is 4. The van der Waals surface area contributed by atoms with Crippen molar-refractivity contribution < 1.29 is 0 Å². The van der Waals surface area contributed by atoms with Crippen molar-refractivity contribution in [3.8, 4) is 11.4 Å². The molecule has 3 rings (SSSR count). The lowest BCUT2D eigenvalue weighted by Crippen LogP contribution is -2.07. The van der Waals surface area contributed by atoms with Crippen LogP contribution < -0.4 is 5.73 Å². The second-order valence-corrected chi connectivity index (χ2v) is 4.52. The summed E-state index contributed by atoms with van der Waals surface area (Å²) in [5.74, 6) is 0.679. The SMILES string of the molecule is Cc1cccc2cc(-c3cnc(CCN)nn3)[nH]c12. The largest absolute Gasteiger partial charge is 0.353 e. The van der Waals surface area contributed by atoms with Gasteiger partial charge in [0.25, 0.3) is 0 Å². The number of benzene rings is 1. The average Bonchev–Trinajstić information content (AvgIpc) is 2.85. The number of nitrogens with two attached hydrogens (primary N) is 1. The van der Waals surface area contributed by atoms with Crippen LogP contribution in [0.5, 0.6) is 0 Å². The molecule has 3 aromatic rings. The molecule has 0 saturated heterocycles. The highest BCUT2D eigenvalue weighted by Gasteiger charge is 2.07. The Morgan fingerprint density at radius 3 is 2.84 bits per heavy atom. The Balaban J connectivity index is 2.01. The van der Waals surface area contributed by atoms with E-state index in [1.165, 1.54) is 10.9 Å². The molecular weight excluding hydrogens is 238 g/mol. The minimum absolute atomic E-state index is 0.534. The zero-order chi connectivity index (χ0) is 13.2. The van der Waals surface area contributed by atoms with Crippen molar-refractivity contribution in [3.63, 3.8) is 0 Å². The molecule has 0 radical (unpaired) electrons.